The number of rotatable bonds is 12. The van der Waals surface area contributed by atoms with Crippen LogP contribution in [0.4, 0.5) is 8.78 Å². The fourth-order valence-electron chi connectivity index (χ4n) is 4.33. The molecule has 236 valence electrons. The molecular weight excluding hydrogens is 595 g/mol. The molecule has 6 atom stereocenters. The maximum absolute atomic E-state index is 15.7. The lowest BCUT2D eigenvalue weighted by Gasteiger charge is -2.35. The van der Waals surface area contributed by atoms with Gasteiger partial charge in [0.15, 0.2) is 11.9 Å². The molecule has 3 N–H and O–H groups in total. The number of amides is 1. The number of esters is 1. The normalized spacial score (nSPS) is 24.9. The Labute approximate surface area is 256 Å². The third-order valence-corrected chi connectivity index (χ3v) is 8.06. The minimum absolute atomic E-state index is 0.0980. The number of benzene rings is 2. The summed E-state index contributed by atoms with van der Waals surface area (Å²) in [4.78, 5) is 25.4. The second-order valence-electron chi connectivity index (χ2n) is 10.7. The Morgan fingerprint density at radius 1 is 1.18 bits per heavy atom. The zero-order valence-electron chi connectivity index (χ0n) is 24.8. The largest absolute Gasteiger partial charge is 0.462 e. The Balaban J connectivity index is 1.44. The Kier molecular flexibility index (Phi) is 10.9. The summed E-state index contributed by atoms with van der Waals surface area (Å²) in [5.41, 5.74) is -0.566. The average molecular weight is 632 g/mol. The van der Waals surface area contributed by atoms with Crippen LogP contribution in [0.25, 0.3) is 12.2 Å². The SMILES string of the molecule is C=C1NC(=O)C=CN1[C@@H]1O[C@H](COP(N[C@@H](C)C(=O)OC(C)C)Oc2ccc(/C=C/c3ccc(F)cc3)cc2)[C@@H](O)[C@@]1(C)F. The third kappa shape index (κ3) is 8.49. The molecule has 13 heteroatoms. The van der Waals surface area contributed by atoms with E-state index in [0.717, 1.165) is 11.1 Å². The molecule has 1 unspecified atom stereocenters. The maximum atomic E-state index is 15.7. The van der Waals surface area contributed by atoms with E-state index in [1.54, 1.807) is 57.2 Å². The third-order valence-electron chi connectivity index (χ3n) is 6.70. The molecule has 0 radical (unpaired) electrons. The highest BCUT2D eigenvalue weighted by Gasteiger charge is 2.57. The zero-order chi connectivity index (χ0) is 32.0. The quantitative estimate of drug-likeness (QED) is 0.173. The molecule has 44 heavy (non-hydrogen) atoms. The van der Waals surface area contributed by atoms with Crippen LogP contribution in [0.15, 0.2) is 73.2 Å². The molecule has 0 aliphatic carbocycles. The number of halogens is 2. The molecule has 0 bridgehead atoms. The van der Waals surface area contributed by atoms with Gasteiger partial charge in [-0.25, -0.2) is 13.9 Å². The van der Waals surface area contributed by atoms with E-state index in [2.05, 4.69) is 17.0 Å². The molecule has 1 amide bonds. The van der Waals surface area contributed by atoms with Crippen molar-refractivity contribution >= 4 is 32.6 Å². The van der Waals surface area contributed by atoms with Gasteiger partial charge >= 0.3 is 14.5 Å². The minimum Gasteiger partial charge on any atom is -0.462 e. The summed E-state index contributed by atoms with van der Waals surface area (Å²) in [6, 6.07) is 12.3. The predicted molar refractivity (Wildman–Crippen MR) is 162 cm³/mol. The number of carbonyl (C=O) groups is 2. The van der Waals surface area contributed by atoms with Gasteiger partial charge in [0.1, 0.15) is 35.6 Å². The van der Waals surface area contributed by atoms with E-state index in [0.29, 0.717) is 5.75 Å². The standard InChI is InChI=1S/C31H36F2N3O7P/c1-19(2)41-29(39)20(3)35-44(43-25-14-10-23(11-15-25)7-6-22-8-12-24(32)13-9-22)40-18-26-28(38)31(5,33)30(42-26)36-17-16-27(37)34-21(36)4/h6-17,19-20,26,28,30,35,38H,4,18H2,1-3,5H3,(H,34,37)/b7-6+/t20-,26+,28+,30+,31+,44?/m0/s1. The second-order valence-corrected chi connectivity index (χ2v) is 11.9. The van der Waals surface area contributed by atoms with E-state index < -0.39 is 50.5 Å². The molecule has 1 fully saturated rings. The molecule has 2 heterocycles. The van der Waals surface area contributed by atoms with Crippen molar-refractivity contribution in [3.63, 3.8) is 0 Å². The number of ether oxygens (including phenoxy) is 2. The molecule has 10 nitrogen and oxygen atoms in total. The molecule has 2 aromatic carbocycles. The van der Waals surface area contributed by atoms with E-state index in [1.165, 1.54) is 36.2 Å². The van der Waals surface area contributed by atoms with E-state index in [9.17, 15) is 19.1 Å². The Morgan fingerprint density at radius 2 is 1.80 bits per heavy atom. The molecule has 0 saturated carbocycles. The summed E-state index contributed by atoms with van der Waals surface area (Å²) >= 11 is 0. The van der Waals surface area contributed by atoms with Crippen LogP contribution in [0.2, 0.25) is 0 Å². The summed E-state index contributed by atoms with van der Waals surface area (Å²) in [5.74, 6) is -0.733. The first-order valence-corrected chi connectivity index (χ1v) is 15.1. The molecular formula is C31H36F2N3O7P. The van der Waals surface area contributed by atoms with Gasteiger partial charge in [-0.1, -0.05) is 43.0 Å². The van der Waals surface area contributed by atoms with Gasteiger partial charge in [-0.3, -0.25) is 9.59 Å². The van der Waals surface area contributed by atoms with Crippen molar-refractivity contribution in [3.8, 4) is 5.75 Å². The van der Waals surface area contributed by atoms with Crippen LogP contribution in [0.3, 0.4) is 0 Å². The van der Waals surface area contributed by atoms with E-state index in [-0.39, 0.29) is 24.3 Å². The van der Waals surface area contributed by atoms with Gasteiger partial charge in [0.2, 0.25) is 0 Å². The van der Waals surface area contributed by atoms with Crippen molar-refractivity contribution in [2.45, 2.75) is 63.9 Å². The number of aliphatic hydroxyl groups excluding tert-OH is 1. The van der Waals surface area contributed by atoms with Crippen LogP contribution in [-0.4, -0.2) is 64.7 Å². The second kappa shape index (κ2) is 14.4. The van der Waals surface area contributed by atoms with Crippen molar-refractivity contribution in [2.24, 2.45) is 0 Å². The summed E-state index contributed by atoms with van der Waals surface area (Å²) in [6.45, 7) is 9.67. The highest BCUT2D eigenvalue weighted by molar-refractivity contribution is 7.45. The molecule has 2 aromatic rings. The van der Waals surface area contributed by atoms with Gasteiger partial charge in [-0.05, 0) is 63.1 Å². The number of carbonyl (C=O) groups excluding carboxylic acids is 2. The van der Waals surface area contributed by atoms with Crippen molar-refractivity contribution < 1.29 is 42.0 Å². The van der Waals surface area contributed by atoms with Crippen LogP contribution >= 0.6 is 8.53 Å². The minimum atomic E-state index is -2.26. The van der Waals surface area contributed by atoms with Gasteiger partial charge in [0.05, 0.1) is 12.7 Å². The molecule has 1 saturated heterocycles. The molecule has 0 spiro atoms. The van der Waals surface area contributed by atoms with Gasteiger partial charge in [-0.2, -0.15) is 0 Å². The lowest BCUT2D eigenvalue weighted by molar-refractivity contribution is -0.149. The molecule has 0 aromatic heterocycles. The predicted octanol–water partition coefficient (Wildman–Crippen LogP) is 4.78. The van der Waals surface area contributed by atoms with Crippen molar-refractivity contribution in [3.05, 3.63) is 90.2 Å². The molecule has 2 aliphatic heterocycles. The number of hydrogen-bond acceptors (Lipinski definition) is 9. The van der Waals surface area contributed by atoms with Crippen molar-refractivity contribution in [2.75, 3.05) is 6.61 Å². The fourth-order valence-corrected chi connectivity index (χ4v) is 5.53. The first kappa shape index (κ1) is 33.2. The van der Waals surface area contributed by atoms with Crippen molar-refractivity contribution in [1.29, 1.82) is 0 Å². The zero-order valence-corrected chi connectivity index (χ0v) is 25.7. The van der Waals surface area contributed by atoms with E-state index in [1.807, 2.05) is 12.2 Å². The van der Waals surface area contributed by atoms with Crippen LogP contribution < -0.4 is 14.9 Å². The Hall–Kier alpha value is -3.67. The molecule has 2 aliphatic rings. The maximum Gasteiger partial charge on any atom is 0.323 e. The van der Waals surface area contributed by atoms with E-state index >= 15 is 4.39 Å². The number of nitrogens with one attached hydrogen (secondary N) is 2. The van der Waals surface area contributed by atoms with Crippen LogP contribution in [0.5, 0.6) is 5.75 Å². The number of aliphatic hydroxyl groups is 1. The molecule has 4 rings (SSSR count). The summed E-state index contributed by atoms with van der Waals surface area (Å²) in [6.07, 6.45) is 1.88. The topological polar surface area (TPSA) is 119 Å². The number of alkyl halides is 1. The van der Waals surface area contributed by atoms with Crippen molar-refractivity contribution in [1.82, 2.24) is 15.3 Å². The Morgan fingerprint density at radius 3 is 2.39 bits per heavy atom. The highest BCUT2D eigenvalue weighted by Crippen LogP contribution is 2.41. The number of nitrogens with zero attached hydrogens (tertiary/aromatic N) is 1. The summed E-state index contributed by atoms with van der Waals surface area (Å²) in [7, 11) is -2.02. The van der Waals surface area contributed by atoms with Crippen LogP contribution in [-0.2, 0) is 23.6 Å². The number of hydrogen-bond donors (Lipinski definition) is 3. The monoisotopic (exact) mass is 631 g/mol. The van der Waals surface area contributed by atoms with Gasteiger partial charge < -0.3 is 33.8 Å². The van der Waals surface area contributed by atoms with Gasteiger partial charge in [0, 0.05) is 12.3 Å². The summed E-state index contributed by atoms with van der Waals surface area (Å²) < 4.78 is 52.0. The average Bonchev–Trinajstić information content (AvgIpc) is 3.19. The van der Waals surface area contributed by atoms with Crippen LogP contribution in [0, 0.1) is 5.82 Å². The Bertz CT molecular complexity index is 1390. The first-order chi connectivity index (χ1) is 20.8. The van der Waals surface area contributed by atoms with E-state index in [4.69, 9.17) is 18.5 Å². The van der Waals surface area contributed by atoms with Crippen LogP contribution in [0.1, 0.15) is 38.8 Å². The smallest absolute Gasteiger partial charge is 0.323 e. The van der Waals surface area contributed by atoms with Gasteiger partial charge in [0.25, 0.3) is 5.91 Å². The highest BCUT2D eigenvalue weighted by atomic mass is 31.2. The van der Waals surface area contributed by atoms with Gasteiger partial charge in [-0.15, -0.1) is 0 Å². The summed E-state index contributed by atoms with van der Waals surface area (Å²) in [5, 5.41) is 16.2. The lowest BCUT2D eigenvalue weighted by atomic mass is 9.98. The first-order valence-electron chi connectivity index (χ1n) is 13.9. The fraction of sp³-hybridized carbons (Fsp3) is 0.355. The lowest BCUT2D eigenvalue weighted by Crippen LogP contribution is -2.51.